The normalized spacial score (nSPS) is 14.4. The van der Waals surface area contributed by atoms with Crippen LogP contribution >= 0.6 is 11.3 Å². The van der Waals surface area contributed by atoms with Crippen molar-refractivity contribution in [3.8, 4) is 0 Å². The molecule has 0 saturated heterocycles. The molecule has 1 aliphatic rings. The Morgan fingerprint density at radius 2 is 1.79 bits per heavy atom. The van der Waals surface area contributed by atoms with E-state index in [-0.39, 0.29) is 11.5 Å². The minimum atomic E-state index is 0.0636. The van der Waals surface area contributed by atoms with E-state index in [4.69, 9.17) is 5.11 Å². The summed E-state index contributed by atoms with van der Waals surface area (Å²) >= 11 is 1.41. The number of hydrogen-bond acceptors (Lipinski definition) is 3. The summed E-state index contributed by atoms with van der Waals surface area (Å²) in [5.74, 6) is 0. The topological polar surface area (TPSA) is 42.2 Å². The van der Waals surface area contributed by atoms with Crippen LogP contribution in [0.25, 0.3) is 0 Å². The van der Waals surface area contributed by atoms with E-state index in [1.807, 2.05) is 28.8 Å². The third-order valence-electron chi connectivity index (χ3n) is 3.69. The highest BCUT2D eigenvalue weighted by Gasteiger charge is 2.17. The van der Waals surface area contributed by atoms with Crippen molar-refractivity contribution in [3.05, 3.63) is 55.6 Å². The van der Waals surface area contributed by atoms with E-state index in [0.29, 0.717) is 6.54 Å². The predicted octanol–water partition coefficient (Wildman–Crippen LogP) is 2.33. The first kappa shape index (κ1) is 12.6. The lowest BCUT2D eigenvalue weighted by Gasteiger charge is -2.14. The second-order valence-corrected chi connectivity index (χ2v) is 6.05. The van der Waals surface area contributed by atoms with Crippen LogP contribution in [-0.2, 0) is 26.0 Å². The van der Waals surface area contributed by atoms with Crippen LogP contribution < -0.4 is 4.87 Å². The summed E-state index contributed by atoms with van der Waals surface area (Å²) < 4.78 is 1.92. The van der Waals surface area contributed by atoms with E-state index in [0.717, 1.165) is 24.0 Å². The molecule has 100 valence electrons. The highest BCUT2D eigenvalue weighted by molar-refractivity contribution is 7.09. The molecule has 3 nitrogen and oxygen atoms in total. The molecule has 1 aromatic carbocycles. The number of aromatic nitrogens is 1. The van der Waals surface area contributed by atoms with Crippen molar-refractivity contribution < 1.29 is 5.11 Å². The first-order valence-corrected chi connectivity index (χ1v) is 7.49. The molecule has 19 heavy (non-hydrogen) atoms. The molecule has 0 atom stereocenters. The van der Waals surface area contributed by atoms with Gasteiger partial charge >= 0.3 is 4.87 Å². The zero-order chi connectivity index (χ0) is 13.2. The highest BCUT2D eigenvalue weighted by Crippen LogP contribution is 2.24. The Bertz CT molecular complexity index is 625. The maximum Gasteiger partial charge on any atom is 0.307 e. The highest BCUT2D eigenvalue weighted by atomic mass is 32.1. The Morgan fingerprint density at radius 1 is 1.11 bits per heavy atom. The summed E-state index contributed by atoms with van der Waals surface area (Å²) in [6.07, 6.45) is 4.49. The molecule has 1 heterocycles. The lowest BCUT2D eigenvalue weighted by molar-refractivity contribution is 0.282. The zero-order valence-corrected chi connectivity index (χ0v) is 11.6. The fourth-order valence-corrected chi connectivity index (χ4v) is 3.69. The lowest BCUT2D eigenvalue weighted by Crippen LogP contribution is -2.18. The number of fused-ring (bicyclic) bond motifs is 1. The van der Waals surface area contributed by atoms with Crippen molar-refractivity contribution in [2.75, 3.05) is 0 Å². The van der Waals surface area contributed by atoms with Gasteiger partial charge in [0.05, 0.1) is 13.2 Å². The fraction of sp³-hybridized carbons (Fsp3) is 0.400. The van der Waals surface area contributed by atoms with Crippen LogP contribution in [0.5, 0.6) is 0 Å². The van der Waals surface area contributed by atoms with Gasteiger partial charge in [0.15, 0.2) is 0 Å². The van der Waals surface area contributed by atoms with Crippen LogP contribution in [0.15, 0.2) is 29.1 Å². The molecule has 0 unspecified atom stereocenters. The number of hydrogen-bond donors (Lipinski definition) is 1. The van der Waals surface area contributed by atoms with Crippen molar-refractivity contribution in [3.63, 3.8) is 0 Å². The average Bonchev–Trinajstić information content (AvgIpc) is 2.76. The number of aliphatic hydroxyl groups is 1. The SMILES string of the molecule is O=c1sc2c(n1Cc1ccc(CO)cc1)CCCC2. The van der Waals surface area contributed by atoms with E-state index in [2.05, 4.69) is 0 Å². The minimum absolute atomic E-state index is 0.0636. The Balaban J connectivity index is 1.90. The molecule has 1 N–H and O–H groups in total. The quantitative estimate of drug-likeness (QED) is 0.934. The molecular formula is C15H17NO2S. The Kier molecular flexibility index (Phi) is 3.53. The zero-order valence-electron chi connectivity index (χ0n) is 10.8. The van der Waals surface area contributed by atoms with Crippen LogP contribution in [0, 0.1) is 0 Å². The standard InChI is InChI=1S/C15H17NO2S/c17-10-12-7-5-11(6-8-12)9-16-13-3-1-2-4-14(13)19-15(16)18/h5-8,17H,1-4,9-10H2. The number of rotatable bonds is 3. The predicted molar refractivity (Wildman–Crippen MR) is 76.7 cm³/mol. The van der Waals surface area contributed by atoms with Crippen LogP contribution in [0.2, 0.25) is 0 Å². The van der Waals surface area contributed by atoms with Crippen LogP contribution in [0.3, 0.4) is 0 Å². The van der Waals surface area contributed by atoms with Gasteiger partial charge < -0.3 is 5.11 Å². The smallest absolute Gasteiger partial charge is 0.307 e. The maximum atomic E-state index is 12.1. The molecule has 0 saturated carbocycles. The molecular weight excluding hydrogens is 258 g/mol. The first-order chi connectivity index (χ1) is 9.28. The van der Waals surface area contributed by atoms with E-state index >= 15 is 0 Å². The summed E-state index contributed by atoms with van der Waals surface area (Å²) in [5.41, 5.74) is 3.27. The Labute approximate surface area is 116 Å². The van der Waals surface area contributed by atoms with Gasteiger partial charge in [0, 0.05) is 10.6 Å². The molecule has 0 bridgehead atoms. The van der Waals surface area contributed by atoms with Gasteiger partial charge in [-0.15, -0.1) is 0 Å². The summed E-state index contributed by atoms with van der Waals surface area (Å²) in [5, 5.41) is 9.03. The molecule has 2 aromatic rings. The van der Waals surface area contributed by atoms with Crippen LogP contribution in [0.4, 0.5) is 0 Å². The third kappa shape index (κ3) is 2.51. The van der Waals surface area contributed by atoms with Crippen LogP contribution in [0.1, 0.15) is 34.5 Å². The van der Waals surface area contributed by atoms with E-state index in [1.54, 1.807) is 0 Å². The summed E-state index contributed by atoms with van der Waals surface area (Å²) in [6.45, 7) is 0.713. The number of nitrogens with zero attached hydrogens (tertiary/aromatic N) is 1. The molecule has 0 aliphatic heterocycles. The van der Waals surface area contributed by atoms with Gasteiger partial charge in [-0.25, -0.2) is 0 Å². The van der Waals surface area contributed by atoms with Gasteiger partial charge in [-0.2, -0.15) is 0 Å². The van der Waals surface area contributed by atoms with E-state index < -0.39 is 0 Å². The second-order valence-electron chi connectivity index (χ2n) is 5.01. The van der Waals surface area contributed by atoms with Gasteiger partial charge in [0.1, 0.15) is 0 Å². The molecule has 3 rings (SSSR count). The summed E-state index contributed by atoms with van der Waals surface area (Å²) in [7, 11) is 0. The Morgan fingerprint density at radius 3 is 2.53 bits per heavy atom. The third-order valence-corrected chi connectivity index (χ3v) is 4.77. The van der Waals surface area contributed by atoms with Crippen molar-refractivity contribution in [1.29, 1.82) is 0 Å². The molecule has 1 aromatic heterocycles. The van der Waals surface area contributed by atoms with Crippen molar-refractivity contribution in [2.24, 2.45) is 0 Å². The molecule has 0 amide bonds. The number of aryl methyl sites for hydroxylation is 1. The average molecular weight is 275 g/mol. The van der Waals surface area contributed by atoms with Gasteiger partial charge in [-0.3, -0.25) is 9.36 Å². The number of aliphatic hydroxyl groups excluding tert-OH is 1. The van der Waals surface area contributed by atoms with E-state index in [9.17, 15) is 4.79 Å². The van der Waals surface area contributed by atoms with Gasteiger partial charge in [-0.1, -0.05) is 35.6 Å². The molecule has 1 aliphatic carbocycles. The van der Waals surface area contributed by atoms with Crippen molar-refractivity contribution >= 4 is 11.3 Å². The van der Waals surface area contributed by atoms with Crippen molar-refractivity contribution in [2.45, 2.75) is 38.8 Å². The van der Waals surface area contributed by atoms with Gasteiger partial charge in [-0.05, 0) is 36.8 Å². The van der Waals surface area contributed by atoms with E-state index in [1.165, 1.54) is 34.7 Å². The second kappa shape index (κ2) is 5.31. The van der Waals surface area contributed by atoms with Crippen molar-refractivity contribution in [1.82, 2.24) is 4.57 Å². The minimum Gasteiger partial charge on any atom is -0.392 e. The monoisotopic (exact) mass is 275 g/mol. The largest absolute Gasteiger partial charge is 0.392 e. The van der Waals surface area contributed by atoms with Gasteiger partial charge in [0.25, 0.3) is 0 Å². The molecule has 0 fully saturated rings. The number of thiazole rings is 1. The first-order valence-electron chi connectivity index (χ1n) is 6.68. The summed E-state index contributed by atoms with van der Waals surface area (Å²) in [4.78, 5) is 13.5. The van der Waals surface area contributed by atoms with Gasteiger partial charge in [0.2, 0.25) is 0 Å². The fourth-order valence-electron chi connectivity index (χ4n) is 2.62. The molecule has 4 heteroatoms. The van der Waals surface area contributed by atoms with Crippen LogP contribution in [-0.4, -0.2) is 9.67 Å². The number of benzene rings is 1. The molecule has 0 spiro atoms. The summed E-state index contributed by atoms with van der Waals surface area (Å²) in [6, 6.07) is 7.81. The lowest BCUT2D eigenvalue weighted by atomic mass is 10.0. The Hall–Kier alpha value is -1.39. The maximum absolute atomic E-state index is 12.1. The molecule has 0 radical (unpaired) electrons.